The number of nitrogens with zero attached hydrogens (tertiary/aromatic N) is 1. The van der Waals surface area contributed by atoms with Gasteiger partial charge in [0.05, 0.1) is 24.0 Å². The highest BCUT2D eigenvalue weighted by molar-refractivity contribution is 8.26. The van der Waals surface area contributed by atoms with Crippen LogP contribution in [0.4, 0.5) is 8.78 Å². The second-order valence-corrected chi connectivity index (χ2v) is 6.33. The number of carbonyl (C=O) groups excluding carboxylic acids is 2. The molecule has 10 heteroatoms. The lowest BCUT2D eigenvalue weighted by molar-refractivity contribution is -0.305. The Labute approximate surface area is 151 Å². The van der Waals surface area contributed by atoms with Crippen LogP contribution in [0.25, 0.3) is 6.08 Å². The maximum atomic E-state index is 12.4. The van der Waals surface area contributed by atoms with E-state index < -0.39 is 25.0 Å². The van der Waals surface area contributed by atoms with Gasteiger partial charge in [-0.15, -0.1) is 0 Å². The van der Waals surface area contributed by atoms with E-state index in [0.717, 1.165) is 16.7 Å². The molecular weight excluding hydrogens is 376 g/mol. The van der Waals surface area contributed by atoms with E-state index in [4.69, 9.17) is 17.0 Å². The number of carboxylic acid groups (broad SMARTS) is 1. The Balaban J connectivity index is 2.28. The van der Waals surface area contributed by atoms with Crippen molar-refractivity contribution in [2.75, 3.05) is 13.2 Å². The standard InChI is InChI=1S/C15H13F2NO5S2/c1-2-22-10-5-8(3-4-9(10)23-14(16)17)6-11-13(21)18(7-12(19)20)15(24)25-11/h3-6,14H,2,7H2,1H3,(H,19,20)/p-1/b11-6-. The molecular formula is C15H12F2NO5S2-. The molecule has 1 aromatic rings. The van der Waals surface area contributed by atoms with E-state index in [1.54, 1.807) is 6.92 Å². The van der Waals surface area contributed by atoms with Crippen LogP contribution in [0.15, 0.2) is 23.1 Å². The van der Waals surface area contributed by atoms with Gasteiger partial charge in [-0.3, -0.25) is 9.69 Å². The number of thiocarbonyl (C=S) groups is 1. The molecule has 0 N–H and O–H groups in total. The summed E-state index contributed by atoms with van der Waals surface area (Å²) in [6.45, 7) is -1.71. The second kappa shape index (κ2) is 8.26. The Morgan fingerprint density at radius 2 is 2.16 bits per heavy atom. The number of ether oxygens (including phenoxy) is 2. The van der Waals surface area contributed by atoms with E-state index in [2.05, 4.69) is 4.74 Å². The number of carboxylic acids is 1. The van der Waals surface area contributed by atoms with Crippen LogP contribution < -0.4 is 14.6 Å². The van der Waals surface area contributed by atoms with Gasteiger partial charge in [0.2, 0.25) is 0 Å². The van der Waals surface area contributed by atoms with Gasteiger partial charge in [0.15, 0.2) is 11.5 Å². The quantitative estimate of drug-likeness (QED) is 0.519. The molecule has 134 valence electrons. The highest BCUT2D eigenvalue weighted by atomic mass is 32.2. The zero-order valence-corrected chi connectivity index (χ0v) is 14.5. The second-order valence-electron chi connectivity index (χ2n) is 4.66. The average molecular weight is 388 g/mol. The SMILES string of the molecule is CCOc1cc(/C=C2\SC(=S)N(CC(=O)[O-])C2=O)ccc1OC(F)F. The summed E-state index contributed by atoms with van der Waals surface area (Å²) in [7, 11) is 0. The Hall–Kier alpha value is -2.20. The molecule has 0 aromatic heterocycles. The van der Waals surface area contributed by atoms with Gasteiger partial charge < -0.3 is 19.4 Å². The molecule has 1 saturated heterocycles. The van der Waals surface area contributed by atoms with Crippen LogP contribution in [0.1, 0.15) is 12.5 Å². The van der Waals surface area contributed by atoms with Crippen LogP contribution >= 0.6 is 24.0 Å². The first kappa shape index (κ1) is 19.1. The first-order chi connectivity index (χ1) is 11.8. The van der Waals surface area contributed by atoms with Crippen molar-refractivity contribution >= 4 is 46.3 Å². The summed E-state index contributed by atoms with van der Waals surface area (Å²) in [5.74, 6) is -2.02. The van der Waals surface area contributed by atoms with Crippen LogP contribution in [0.2, 0.25) is 0 Å². The van der Waals surface area contributed by atoms with Gasteiger partial charge in [0.1, 0.15) is 4.32 Å². The predicted octanol–water partition coefficient (Wildman–Crippen LogP) is 1.64. The molecule has 1 aromatic carbocycles. The highest BCUT2D eigenvalue weighted by Crippen LogP contribution is 2.35. The van der Waals surface area contributed by atoms with Gasteiger partial charge in [0, 0.05) is 0 Å². The normalized spacial score (nSPS) is 16.0. The van der Waals surface area contributed by atoms with Crippen molar-refractivity contribution in [2.45, 2.75) is 13.5 Å². The average Bonchev–Trinajstić information content (AvgIpc) is 2.77. The van der Waals surface area contributed by atoms with E-state index in [1.165, 1.54) is 24.3 Å². The molecule has 0 spiro atoms. The third kappa shape index (κ3) is 4.89. The van der Waals surface area contributed by atoms with Crippen LogP contribution in [-0.2, 0) is 9.59 Å². The van der Waals surface area contributed by atoms with E-state index >= 15 is 0 Å². The molecule has 6 nitrogen and oxygen atoms in total. The molecule has 1 aliphatic heterocycles. The molecule has 0 radical (unpaired) electrons. The molecule has 1 heterocycles. The van der Waals surface area contributed by atoms with Gasteiger partial charge in [0.25, 0.3) is 5.91 Å². The van der Waals surface area contributed by atoms with Gasteiger partial charge >= 0.3 is 6.61 Å². The van der Waals surface area contributed by atoms with Crippen LogP contribution in [0.3, 0.4) is 0 Å². The number of rotatable bonds is 7. The summed E-state index contributed by atoms with van der Waals surface area (Å²) in [4.78, 5) is 24.0. The van der Waals surface area contributed by atoms with E-state index in [1.807, 2.05) is 0 Å². The minimum absolute atomic E-state index is 0.0989. The highest BCUT2D eigenvalue weighted by Gasteiger charge is 2.31. The maximum Gasteiger partial charge on any atom is 0.387 e. The van der Waals surface area contributed by atoms with Gasteiger partial charge in [-0.25, -0.2) is 0 Å². The summed E-state index contributed by atoms with van der Waals surface area (Å²) in [6, 6.07) is 4.20. The third-order valence-corrected chi connectivity index (χ3v) is 4.32. The summed E-state index contributed by atoms with van der Waals surface area (Å²) >= 11 is 5.91. The predicted molar refractivity (Wildman–Crippen MR) is 89.1 cm³/mol. The number of benzene rings is 1. The Kier molecular flexibility index (Phi) is 6.32. The number of amides is 1. The van der Waals surface area contributed by atoms with E-state index in [-0.39, 0.29) is 27.3 Å². The number of hydrogen-bond acceptors (Lipinski definition) is 7. The molecule has 0 saturated carbocycles. The van der Waals surface area contributed by atoms with Crippen LogP contribution in [-0.4, -0.2) is 40.9 Å². The Morgan fingerprint density at radius 1 is 1.44 bits per heavy atom. The lowest BCUT2D eigenvalue weighted by atomic mass is 10.2. The summed E-state index contributed by atoms with van der Waals surface area (Å²) in [5.41, 5.74) is 0.485. The van der Waals surface area contributed by atoms with Gasteiger partial charge in [-0.2, -0.15) is 8.78 Å². The molecule has 1 amide bonds. The molecule has 0 bridgehead atoms. The first-order valence-corrected chi connectivity index (χ1v) is 8.21. The number of hydrogen-bond donors (Lipinski definition) is 0. The topological polar surface area (TPSA) is 78.9 Å². The number of thioether (sulfide) groups is 1. The largest absolute Gasteiger partial charge is 0.548 e. The van der Waals surface area contributed by atoms with Crippen molar-refractivity contribution in [3.63, 3.8) is 0 Å². The molecule has 2 rings (SSSR count). The summed E-state index contributed by atoms with van der Waals surface area (Å²) < 4.78 is 34.5. The summed E-state index contributed by atoms with van der Waals surface area (Å²) in [6.07, 6.45) is 1.46. The fraction of sp³-hybridized carbons (Fsp3) is 0.267. The van der Waals surface area contributed by atoms with Crippen molar-refractivity contribution in [3.8, 4) is 11.5 Å². The van der Waals surface area contributed by atoms with Gasteiger partial charge in [-0.05, 0) is 30.7 Å². The van der Waals surface area contributed by atoms with Gasteiger partial charge in [-0.1, -0.05) is 30.0 Å². The Bertz CT molecular complexity index is 739. The molecule has 0 unspecified atom stereocenters. The first-order valence-electron chi connectivity index (χ1n) is 6.98. The molecule has 1 fully saturated rings. The number of carbonyl (C=O) groups is 2. The minimum atomic E-state index is -2.99. The lowest BCUT2D eigenvalue weighted by Crippen LogP contribution is -2.40. The van der Waals surface area contributed by atoms with Crippen molar-refractivity contribution in [1.29, 1.82) is 0 Å². The van der Waals surface area contributed by atoms with Crippen molar-refractivity contribution in [1.82, 2.24) is 4.90 Å². The zero-order chi connectivity index (χ0) is 18.6. The van der Waals surface area contributed by atoms with Crippen molar-refractivity contribution in [2.24, 2.45) is 0 Å². The Morgan fingerprint density at radius 3 is 2.76 bits per heavy atom. The smallest absolute Gasteiger partial charge is 0.387 e. The van der Waals surface area contributed by atoms with Crippen molar-refractivity contribution < 1.29 is 33.0 Å². The zero-order valence-electron chi connectivity index (χ0n) is 12.9. The number of aliphatic carboxylic acids is 1. The minimum Gasteiger partial charge on any atom is -0.548 e. The molecule has 1 aliphatic rings. The van der Waals surface area contributed by atoms with Crippen molar-refractivity contribution in [3.05, 3.63) is 28.7 Å². The van der Waals surface area contributed by atoms with Crippen LogP contribution in [0, 0.1) is 0 Å². The fourth-order valence-corrected chi connectivity index (χ4v) is 3.25. The molecule has 25 heavy (non-hydrogen) atoms. The fourth-order valence-electron chi connectivity index (χ4n) is 1.99. The van der Waals surface area contributed by atoms with Crippen LogP contribution in [0.5, 0.6) is 11.5 Å². The molecule has 0 atom stereocenters. The number of alkyl halides is 2. The number of halogens is 2. The third-order valence-electron chi connectivity index (χ3n) is 2.94. The van der Waals surface area contributed by atoms with E-state index in [0.29, 0.717) is 5.56 Å². The lowest BCUT2D eigenvalue weighted by Gasteiger charge is -2.14. The maximum absolute atomic E-state index is 12.4. The monoisotopic (exact) mass is 388 g/mol. The van der Waals surface area contributed by atoms with E-state index in [9.17, 15) is 23.5 Å². The molecule has 0 aliphatic carbocycles. The summed E-state index contributed by atoms with van der Waals surface area (Å²) in [5, 5.41) is 10.7.